The normalized spacial score (nSPS) is 11.1. The Labute approximate surface area is 175 Å². The van der Waals surface area contributed by atoms with Gasteiger partial charge < -0.3 is 23.6 Å². The summed E-state index contributed by atoms with van der Waals surface area (Å²) in [5.41, 5.74) is 1.26. The number of furan rings is 1. The van der Waals surface area contributed by atoms with E-state index in [9.17, 15) is 4.79 Å². The van der Waals surface area contributed by atoms with Crippen LogP contribution in [-0.4, -0.2) is 36.1 Å². The van der Waals surface area contributed by atoms with E-state index >= 15 is 0 Å². The van der Waals surface area contributed by atoms with E-state index in [4.69, 9.17) is 18.3 Å². The van der Waals surface area contributed by atoms with Crippen molar-refractivity contribution in [2.24, 2.45) is 0 Å². The van der Waals surface area contributed by atoms with Crippen LogP contribution in [0.4, 0.5) is 0 Å². The third-order valence-corrected chi connectivity index (χ3v) is 4.72. The van der Waals surface area contributed by atoms with Crippen LogP contribution in [0.5, 0.6) is 11.5 Å². The first-order chi connectivity index (χ1) is 14.5. The van der Waals surface area contributed by atoms with Crippen molar-refractivity contribution in [3.8, 4) is 11.5 Å². The number of carbonyl (C=O) groups excluding carboxylic acids is 1. The van der Waals surface area contributed by atoms with Crippen LogP contribution in [-0.2, 0) is 19.6 Å². The number of benzene rings is 1. The van der Waals surface area contributed by atoms with E-state index in [0.29, 0.717) is 31.3 Å². The smallest absolute Gasteiger partial charge is 0.273 e. The highest BCUT2D eigenvalue weighted by Gasteiger charge is 2.19. The van der Waals surface area contributed by atoms with Crippen LogP contribution in [0.25, 0.3) is 0 Å². The van der Waals surface area contributed by atoms with Crippen LogP contribution in [0.3, 0.4) is 0 Å². The van der Waals surface area contributed by atoms with Gasteiger partial charge in [-0.1, -0.05) is 6.07 Å². The van der Waals surface area contributed by atoms with Crippen LogP contribution < -0.4 is 14.8 Å². The molecule has 30 heavy (non-hydrogen) atoms. The van der Waals surface area contributed by atoms with E-state index in [1.807, 2.05) is 18.2 Å². The number of aromatic nitrogens is 1. The zero-order chi connectivity index (χ0) is 21.5. The standard InChI is InChI=1S/C22H27N3O5/c1-15(2)25(12-16-7-8-17(27-3)10-20(16)28-4)13-21-24-19(14-30-21)22(26)23-11-18-6-5-9-29-18/h5-10,14-15H,11-13H2,1-4H3,(H,23,26). The molecule has 0 unspecified atom stereocenters. The van der Waals surface area contributed by atoms with Gasteiger partial charge in [-0.05, 0) is 32.0 Å². The molecule has 0 atom stereocenters. The number of oxazole rings is 1. The van der Waals surface area contributed by atoms with Gasteiger partial charge in [0.1, 0.15) is 23.5 Å². The molecule has 2 heterocycles. The summed E-state index contributed by atoms with van der Waals surface area (Å²) < 4.78 is 21.5. The van der Waals surface area contributed by atoms with E-state index in [0.717, 1.165) is 17.1 Å². The Hall–Kier alpha value is -3.26. The van der Waals surface area contributed by atoms with Crippen LogP contribution >= 0.6 is 0 Å². The third-order valence-electron chi connectivity index (χ3n) is 4.72. The molecule has 1 aromatic carbocycles. The number of ether oxygens (including phenoxy) is 2. The van der Waals surface area contributed by atoms with Crippen LogP contribution in [0.2, 0.25) is 0 Å². The van der Waals surface area contributed by atoms with Crippen molar-refractivity contribution in [3.05, 3.63) is 65.8 Å². The molecule has 0 fully saturated rings. The molecule has 0 radical (unpaired) electrons. The van der Waals surface area contributed by atoms with Gasteiger partial charge in [0.05, 0.1) is 33.6 Å². The molecule has 0 aliphatic rings. The zero-order valence-corrected chi connectivity index (χ0v) is 17.7. The van der Waals surface area contributed by atoms with Crippen molar-refractivity contribution >= 4 is 5.91 Å². The Morgan fingerprint density at radius 1 is 1.17 bits per heavy atom. The largest absolute Gasteiger partial charge is 0.497 e. The second-order valence-corrected chi connectivity index (χ2v) is 7.07. The van der Waals surface area contributed by atoms with Crippen molar-refractivity contribution in [1.29, 1.82) is 0 Å². The van der Waals surface area contributed by atoms with Crippen LogP contribution in [0.1, 0.15) is 41.6 Å². The maximum Gasteiger partial charge on any atom is 0.273 e. The van der Waals surface area contributed by atoms with Gasteiger partial charge in [0.2, 0.25) is 5.89 Å². The quantitative estimate of drug-likeness (QED) is 0.543. The highest BCUT2D eigenvalue weighted by Crippen LogP contribution is 2.26. The average molecular weight is 413 g/mol. The van der Waals surface area contributed by atoms with E-state index in [2.05, 4.69) is 29.0 Å². The van der Waals surface area contributed by atoms with Gasteiger partial charge in [-0.2, -0.15) is 0 Å². The van der Waals surface area contributed by atoms with Crippen molar-refractivity contribution in [1.82, 2.24) is 15.2 Å². The topological polar surface area (TPSA) is 90.0 Å². The van der Waals surface area contributed by atoms with Crippen molar-refractivity contribution in [3.63, 3.8) is 0 Å². The van der Waals surface area contributed by atoms with Gasteiger partial charge in [0.25, 0.3) is 5.91 Å². The number of amides is 1. The van der Waals surface area contributed by atoms with Crippen LogP contribution in [0.15, 0.2) is 51.7 Å². The monoisotopic (exact) mass is 413 g/mol. The molecule has 0 saturated heterocycles. The Morgan fingerprint density at radius 2 is 2.00 bits per heavy atom. The average Bonchev–Trinajstić information content (AvgIpc) is 3.43. The summed E-state index contributed by atoms with van der Waals surface area (Å²) >= 11 is 0. The summed E-state index contributed by atoms with van der Waals surface area (Å²) in [6.45, 7) is 5.57. The molecule has 0 bridgehead atoms. The van der Waals surface area contributed by atoms with Crippen molar-refractivity contribution < 1.29 is 23.1 Å². The first-order valence-electron chi connectivity index (χ1n) is 9.70. The minimum absolute atomic E-state index is 0.222. The van der Waals surface area contributed by atoms with E-state index in [1.54, 1.807) is 32.6 Å². The van der Waals surface area contributed by atoms with Crippen molar-refractivity contribution in [2.45, 2.75) is 39.5 Å². The molecule has 2 aromatic heterocycles. The molecule has 160 valence electrons. The molecule has 0 spiro atoms. The summed E-state index contributed by atoms with van der Waals surface area (Å²) in [6, 6.07) is 9.54. The summed E-state index contributed by atoms with van der Waals surface area (Å²) in [4.78, 5) is 18.8. The number of hydrogen-bond donors (Lipinski definition) is 1. The highest BCUT2D eigenvalue weighted by atomic mass is 16.5. The maximum absolute atomic E-state index is 12.3. The van der Waals surface area contributed by atoms with Gasteiger partial charge >= 0.3 is 0 Å². The Kier molecular flexibility index (Phi) is 7.13. The molecule has 1 amide bonds. The number of carbonyl (C=O) groups is 1. The molecule has 0 aliphatic carbocycles. The summed E-state index contributed by atoms with van der Waals surface area (Å²) in [5.74, 6) is 2.33. The molecular weight excluding hydrogens is 386 g/mol. The minimum atomic E-state index is -0.311. The fourth-order valence-electron chi connectivity index (χ4n) is 2.95. The fourth-order valence-corrected chi connectivity index (χ4v) is 2.95. The Bertz CT molecular complexity index is 950. The summed E-state index contributed by atoms with van der Waals surface area (Å²) in [5, 5.41) is 2.76. The first kappa shape index (κ1) is 21.4. The van der Waals surface area contributed by atoms with Gasteiger partial charge in [0.15, 0.2) is 5.69 Å². The third kappa shape index (κ3) is 5.42. The molecule has 0 saturated carbocycles. The first-order valence-corrected chi connectivity index (χ1v) is 9.70. The zero-order valence-electron chi connectivity index (χ0n) is 17.7. The second kappa shape index (κ2) is 9.98. The lowest BCUT2D eigenvalue weighted by atomic mass is 10.1. The van der Waals surface area contributed by atoms with Crippen molar-refractivity contribution in [2.75, 3.05) is 14.2 Å². The van der Waals surface area contributed by atoms with Crippen LogP contribution in [0, 0.1) is 0 Å². The molecule has 3 aromatic rings. The predicted molar refractivity (Wildman–Crippen MR) is 110 cm³/mol. The summed E-state index contributed by atoms with van der Waals surface area (Å²) in [7, 11) is 3.26. The molecule has 1 N–H and O–H groups in total. The number of nitrogens with one attached hydrogen (secondary N) is 1. The lowest BCUT2D eigenvalue weighted by Crippen LogP contribution is -2.30. The lowest BCUT2D eigenvalue weighted by Gasteiger charge is -2.26. The fraction of sp³-hybridized carbons (Fsp3) is 0.364. The number of hydrogen-bond acceptors (Lipinski definition) is 7. The minimum Gasteiger partial charge on any atom is -0.497 e. The number of nitrogens with zero attached hydrogens (tertiary/aromatic N) is 2. The summed E-state index contributed by atoms with van der Waals surface area (Å²) in [6.07, 6.45) is 2.94. The Balaban J connectivity index is 1.65. The molecule has 3 rings (SSSR count). The number of rotatable bonds is 10. The molecule has 8 heteroatoms. The lowest BCUT2D eigenvalue weighted by molar-refractivity contribution is 0.0943. The second-order valence-electron chi connectivity index (χ2n) is 7.07. The van der Waals surface area contributed by atoms with E-state index in [1.165, 1.54) is 6.26 Å². The Morgan fingerprint density at radius 3 is 2.67 bits per heavy atom. The molecular formula is C22H27N3O5. The van der Waals surface area contributed by atoms with E-state index < -0.39 is 0 Å². The number of methoxy groups -OCH3 is 2. The van der Waals surface area contributed by atoms with Gasteiger partial charge in [-0.25, -0.2) is 4.98 Å². The van der Waals surface area contributed by atoms with Gasteiger partial charge in [-0.3, -0.25) is 9.69 Å². The molecule has 0 aliphatic heterocycles. The van der Waals surface area contributed by atoms with Gasteiger partial charge in [0, 0.05) is 24.2 Å². The van der Waals surface area contributed by atoms with E-state index in [-0.39, 0.29) is 17.6 Å². The maximum atomic E-state index is 12.3. The molecule has 8 nitrogen and oxygen atoms in total. The SMILES string of the molecule is COc1ccc(CN(Cc2nc(C(=O)NCc3ccco3)co2)C(C)C)c(OC)c1. The predicted octanol–water partition coefficient (Wildman–Crippen LogP) is 3.63. The van der Waals surface area contributed by atoms with Gasteiger partial charge in [-0.15, -0.1) is 0 Å². The highest BCUT2D eigenvalue weighted by molar-refractivity contribution is 5.91.